The first-order valence-electron chi connectivity index (χ1n) is 8.50. The number of nitrogens with one attached hydrogen (secondary N) is 1. The van der Waals surface area contributed by atoms with Crippen LogP contribution in [0.2, 0.25) is 0 Å². The van der Waals surface area contributed by atoms with E-state index in [2.05, 4.69) is 44.3 Å². The summed E-state index contributed by atoms with van der Waals surface area (Å²) >= 11 is 0. The molecule has 3 atom stereocenters. The van der Waals surface area contributed by atoms with Gasteiger partial charge in [0.05, 0.1) is 18.8 Å². The summed E-state index contributed by atoms with van der Waals surface area (Å²) in [4.78, 5) is 0. The molecule has 0 saturated heterocycles. The Kier molecular flexibility index (Phi) is 6.25. The standard InChI is InChI=1S/C19H31NO/c1-5-16-7-6-8-18(12-16)21-13-19(20-4)17-10-9-14(2)15(3)11-17/h9-11,16,18-20H,5-8,12-13H2,1-4H3. The lowest BCUT2D eigenvalue weighted by molar-refractivity contribution is 0.00208. The maximum Gasteiger partial charge on any atom is 0.0665 e. The molecule has 0 bridgehead atoms. The Morgan fingerprint density at radius 2 is 2.05 bits per heavy atom. The SMILES string of the molecule is CCC1CCCC(OCC(NC)c2ccc(C)c(C)c2)C1. The van der Waals surface area contributed by atoms with Gasteiger partial charge in [-0.1, -0.05) is 44.4 Å². The molecule has 3 unspecified atom stereocenters. The third-order valence-corrected chi connectivity index (χ3v) is 5.09. The fourth-order valence-electron chi connectivity index (χ4n) is 3.32. The Bertz CT molecular complexity index is 443. The van der Waals surface area contributed by atoms with Gasteiger partial charge in [-0.2, -0.15) is 0 Å². The van der Waals surface area contributed by atoms with Gasteiger partial charge in [-0.25, -0.2) is 0 Å². The summed E-state index contributed by atoms with van der Waals surface area (Å²) in [5.74, 6) is 0.874. The first-order valence-corrected chi connectivity index (χ1v) is 8.50. The zero-order chi connectivity index (χ0) is 15.2. The molecule has 1 fully saturated rings. The molecular formula is C19H31NO. The molecule has 0 spiro atoms. The molecule has 0 amide bonds. The number of aryl methyl sites for hydroxylation is 2. The van der Waals surface area contributed by atoms with Gasteiger partial charge in [0.15, 0.2) is 0 Å². The van der Waals surface area contributed by atoms with Gasteiger partial charge in [-0.3, -0.25) is 0 Å². The third-order valence-electron chi connectivity index (χ3n) is 5.09. The van der Waals surface area contributed by atoms with Crippen LogP contribution in [0.5, 0.6) is 0 Å². The van der Waals surface area contributed by atoms with Gasteiger partial charge in [0, 0.05) is 0 Å². The van der Waals surface area contributed by atoms with Crippen LogP contribution in [-0.4, -0.2) is 19.8 Å². The minimum absolute atomic E-state index is 0.298. The summed E-state index contributed by atoms with van der Waals surface area (Å²) in [6, 6.07) is 7.02. The van der Waals surface area contributed by atoms with Crippen LogP contribution in [0.15, 0.2) is 18.2 Å². The summed E-state index contributed by atoms with van der Waals surface area (Å²) in [5.41, 5.74) is 4.05. The zero-order valence-electron chi connectivity index (χ0n) is 14.1. The normalized spacial score (nSPS) is 24.0. The van der Waals surface area contributed by atoms with Gasteiger partial charge in [-0.15, -0.1) is 0 Å². The van der Waals surface area contributed by atoms with Crippen LogP contribution < -0.4 is 5.32 Å². The van der Waals surface area contributed by atoms with Crippen molar-refractivity contribution in [1.29, 1.82) is 0 Å². The maximum atomic E-state index is 6.23. The van der Waals surface area contributed by atoms with Crippen LogP contribution >= 0.6 is 0 Å². The second-order valence-corrected chi connectivity index (χ2v) is 6.58. The first-order chi connectivity index (χ1) is 10.1. The predicted molar refractivity (Wildman–Crippen MR) is 89.7 cm³/mol. The van der Waals surface area contributed by atoms with Crippen LogP contribution in [0, 0.1) is 19.8 Å². The van der Waals surface area contributed by atoms with Gasteiger partial charge in [0.1, 0.15) is 0 Å². The number of likely N-dealkylation sites (N-methyl/N-ethyl adjacent to an activating group) is 1. The van der Waals surface area contributed by atoms with Crippen molar-refractivity contribution in [3.05, 3.63) is 34.9 Å². The zero-order valence-corrected chi connectivity index (χ0v) is 14.1. The lowest BCUT2D eigenvalue weighted by Crippen LogP contribution is -2.28. The molecule has 0 aromatic heterocycles. The van der Waals surface area contributed by atoms with E-state index in [-0.39, 0.29) is 0 Å². The van der Waals surface area contributed by atoms with Crippen molar-refractivity contribution in [3.63, 3.8) is 0 Å². The molecule has 118 valence electrons. The lowest BCUT2D eigenvalue weighted by atomic mass is 9.85. The van der Waals surface area contributed by atoms with Crippen molar-refractivity contribution in [3.8, 4) is 0 Å². The highest BCUT2D eigenvalue weighted by Crippen LogP contribution is 2.29. The summed E-state index contributed by atoms with van der Waals surface area (Å²) in [6.45, 7) is 7.43. The summed E-state index contributed by atoms with van der Waals surface area (Å²) in [5, 5.41) is 3.40. The minimum atomic E-state index is 0.298. The van der Waals surface area contributed by atoms with E-state index in [0.717, 1.165) is 12.5 Å². The van der Waals surface area contributed by atoms with Gasteiger partial charge in [0.25, 0.3) is 0 Å². The quantitative estimate of drug-likeness (QED) is 0.829. The van der Waals surface area contributed by atoms with Crippen LogP contribution in [0.1, 0.15) is 61.8 Å². The van der Waals surface area contributed by atoms with E-state index >= 15 is 0 Å². The van der Waals surface area contributed by atoms with Crippen molar-refractivity contribution >= 4 is 0 Å². The summed E-state index contributed by atoms with van der Waals surface area (Å²) in [6.07, 6.45) is 6.97. The monoisotopic (exact) mass is 289 g/mol. The van der Waals surface area contributed by atoms with Crippen LogP contribution in [0.3, 0.4) is 0 Å². The highest BCUT2D eigenvalue weighted by molar-refractivity contribution is 5.31. The number of hydrogen-bond donors (Lipinski definition) is 1. The number of ether oxygens (including phenoxy) is 1. The Hall–Kier alpha value is -0.860. The highest BCUT2D eigenvalue weighted by atomic mass is 16.5. The molecular weight excluding hydrogens is 258 g/mol. The van der Waals surface area contributed by atoms with Gasteiger partial charge in [-0.05, 0) is 56.3 Å². The van der Waals surface area contributed by atoms with Crippen LogP contribution in [-0.2, 0) is 4.74 Å². The second kappa shape index (κ2) is 7.95. The average Bonchev–Trinajstić information content (AvgIpc) is 2.51. The van der Waals surface area contributed by atoms with E-state index in [1.807, 2.05) is 7.05 Å². The molecule has 2 nitrogen and oxygen atoms in total. The second-order valence-electron chi connectivity index (χ2n) is 6.58. The Morgan fingerprint density at radius 1 is 1.24 bits per heavy atom. The van der Waals surface area contributed by atoms with E-state index in [9.17, 15) is 0 Å². The molecule has 21 heavy (non-hydrogen) atoms. The van der Waals surface area contributed by atoms with Crippen molar-refractivity contribution in [2.45, 2.75) is 65.0 Å². The third kappa shape index (κ3) is 4.55. The molecule has 1 aliphatic rings. The fourth-order valence-corrected chi connectivity index (χ4v) is 3.32. The van der Waals surface area contributed by atoms with E-state index in [1.165, 1.54) is 48.8 Å². The van der Waals surface area contributed by atoms with Gasteiger partial charge >= 0.3 is 0 Å². The molecule has 1 aromatic carbocycles. The van der Waals surface area contributed by atoms with Crippen molar-refractivity contribution in [1.82, 2.24) is 5.32 Å². The largest absolute Gasteiger partial charge is 0.376 e. The van der Waals surface area contributed by atoms with E-state index in [4.69, 9.17) is 4.74 Å². The molecule has 1 saturated carbocycles. The van der Waals surface area contributed by atoms with Crippen molar-refractivity contribution in [2.75, 3.05) is 13.7 Å². The van der Waals surface area contributed by atoms with Crippen molar-refractivity contribution < 1.29 is 4.74 Å². The van der Waals surface area contributed by atoms with Gasteiger partial charge in [0.2, 0.25) is 0 Å². The fraction of sp³-hybridized carbons (Fsp3) is 0.684. The molecule has 0 radical (unpaired) electrons. The smallest absolute Gasteiger partial charge is 0.0665 e. The average molecular weight is 289 g/mol. The van der Waals surface area contributed by atoms with Gasteiger partial charge < -0.3 is 10.1 Å². The number of hydrogen-bond acceptors (Lipinski definition) is 2. The van der Waals surface area contributed by atoms with Crippen LogP contribution in [0.25, 0.3) is 0 Å². The Balaban J connectivity index is 1.91. The summed E-state index contributed by atoms with van der Waals surface area (Å²) in [7, 11) is 2.03. The predicted octanol–water partition coefficient (Wildman–Crippen LogP) is 4.55. The summed E-state index contributed by atoms with van der Waals surface area (Å²) < 4.78 is 6.23. The van der Waals surface area contributed by atoms with Crippen molar-refractivity contribution in [2.24, 2.45) is 5.92 Å². The number of benzene rings is 1. The minimum Gasteiger partial charge on any atom is -0.376 e. The lowest BCUT2D eigenvalue weighted by Gasteiger charge is -2.30. The van der Waals surface area contributed by atoms with Crippen LogP contribution in [0.4, 0.5) is 0 Å². The molecule has 1 N–H and O–H groups in total. The van der Waals surface area contributed by atoms with E-state index in [1.54, 1.807) is 0 Å². The van der Waals surface area contributed by atoms with E-state index in [0.29, 0.717) is 12.1 Å². The Morgan fingerprint density at radius 3 is 2.71 bits per heavy atom. The molecule has 2 rings (SSSR count). The topological polar surface area (TPSA) is 21.3 Å². The molecule has 1 aromatic rings. The number of rotatable bonds is 6. The molecule has 2 heteroatoms. The van der Waals surface area contributed by atoms with E-state index < -0.39 is 0 Å². The molecule has 0 heterocycles. The molecule has 1 aliphatic carbocycles. The molecule has 0 aliphatic heterocycles. The highest BCUT2D eigenvalue weighted by Gasteiger charge is 2.22. The first kappa shape index (κ1) is 16.5. The maximum absolute atomic E-state index is 6.23. The Labute approximate surface area is 130 Å².